The van der Waals surface area contributed by atoms with Crippen LogP contribution in [-0.4, -0.2) is 66.6 Å². The number of carbonyl (C=O) groups excluding carboxylic acids is 2. The molecule has 2 fully saturated rings. The third kappa shape index (κ3) is 4.74. The van der Waals surface area contributed by atoms with Crippen molar-refractivity contribution in [3.8, 4) is 5.75 Å². The maximum absolute atomic E-state index is 13.5. The molecular weight excluding hydrogens is 392 g/mol. The minimum absolute atomic E-state index is 0.0408. The molecule has 0 aliphatic carbocycles. The third-order valence-electron chi connectivity index (χ3n) is 7.26. The number of likely N-dealkylation sites (tertiary alicyclic amines) is 1. The van der Waals surface area contributed by atoms with Crippen LogP contribution in [0.5, 0.6) is 5.75 Å². The molecule has 3 aliphatic rings. The van der Waals surface area contributed by atoms with Gasteiger partial charge in [0, 0.05) is 25.9 Å². The van der Waals surface area contributed by atoms with Crippen LogP contribution in [0.15, 0.2) is 18.2 Å². The van der Waals surface area contributed by atoms with Crippen molar-refractivity contribution in [2.24, 2.45) is 11.3 Å². The number of aryl methyl sites for hydroxylation is 1. The van der Waals surface area contributed by atoms with E-state index in [1.54, 1.807) is 4.90 Å². The Hall–Kier alpha value is -2.08. The number of fused-ring (bicyclic) bond motifs is 1. The number of piperidine rings is 1. The number of nitrogens with zero attached hydrogens (tertiary/aromatic N) is 2. The van der Waals surface area contributed by atoms with E-state index in [0.717, 1.165) is 44.3 Å². The smallest absolute Gasteiger partial charge is 0.258 e. The quantitative estimate of drug-likeness (QED) is 0.721. The summed E-state index contributed by atoms with van der Waals surface area (Å²) >= 11 is 0. The van der Waals surface area contributed by atoms with Crippen molar-refractivity contribution in [3.63, 3.8) is 0 Å². The molecule has 1 aromatic rings. The van der Waals surface area contributed by atoms with E-state index in [9.17, 15) is 9.59 Å². The zero-order valence-electron chi connectivity index (χ0n) is 19.4. The van der Waals surface area contributed by atoms with E-state index in [2.05, 4.69) is 20.8 Å². The molecule has 6 nitrogen and oxygen atoms in total. The van der Waals surface area contributed by atoms with E-state index >= 15 is 0 Å². The summed E-state index contributed by atoms with van der Waals surface area (Å²) in [6, 6.07) is 5.74. The number of benzene rings is 1. The van der Waals surface area contributed by atoms with E-state index in [-0.39, 0.29) is 23.8 Å². The third-order valence-corrected chi connectivity index (χ3v) is 7.26. The van der Waals surface area contributed by atoms with Crippen LogP contribution in [0.1, 0.15) is 62.4 Å². The summed E-state index contributed by atoms with van der Waals surface area (Å²) in [5.41, 5.74) is 1.34. The van der Waals surface area contributed by atoms with Crippen molar-refractivity contribution in [2.45, 2.75) is 59.0 Å². The molecule has 4 rings (SSSR count). The Morgan fingerprint density at radius 1 is 1.16 bits per heavy atom. The molecule has 0 radical (unpaired) electrons. The van der Waals surface area contributed by atoms with Gasteiger partial charge in [-0.3, -0.25) is 9.59 Å². The molecule has 0 N–H and O–H groups in total. The maximum Gasteiger partial charge on any atom is 0.258 e. The van der Waals surface area contributed by atoms with Gasteiger partial charge in [-0.25, -0.2) is 0 Å². The highest BCUT2D eigenvalue weighted by Gasteiger charge is 2.43. The molecule has 0 unspecified atom stereocenters. The Morgan fingerprint density at radius 3 is 2.48 bits per heavy atom. The molecule has 31 heavy (non-hydrogen) atoms. The molecule has 6 heteroatoms. The highest BCUT2D eigenvalue weighted by atomic mass is 16.5. The van der Waals surface area contributed by atoms with Crippen molar-refractivity contribution in [1.82, 2.24) is 9.80 Å². The van der Waals surface area contributed by atoms with Crippen molar-refractivity contribution >= 4 is 11.8 Å². The average Bonchev–Trinajstić information content (AvgIpc) is 2.83. The summed E-state index contributed by atoms with van der Waals surface area (Å²) in [7, 11) is 0. The monoisotopic (exact) mass is 428 g/mol. The minimum atomic E-state index is -0.492. The van der Waals surface area contributed by atoms with Crippen molar-refractivity contribution in [2.75, 3.05) is 39.4 Å². The van der Waals surface area contributed by atoms with Gasteiger partial charge in [0.1, 0.15) is 17.9 Å². The molecule has 2 amide bonds. The molecule has 3 aliphatic heterocycles. The summed E-state index contributed by atoms with van der Waals surface area (Å²) in [4.78, 5) is 30.3. The molecule has 3 heterocycles. The fourth-order valence-corrected chi connectivity index (χ4v) is 5.14. The molecule has 0 atom stereocenters. The maximum atomic E-state index is 13.5. The molecule has 1 aromatic carbocycles. The van der Waals surface area contributed by atoms with Crippen LogP contribution in [0, 0.1) is 18.3 Å². The van der Waals surface area contributed by atoms with Crippen LogP contribution < -0.4 is 4.74 Å². The van der Waals surface area contributed by atoms with E-state index in [4.69, 9.17) is 9.47 Å². The fraction of sp³-hybridized carbons (Fsp3) is 0.680. The number of carbonyl (C=O) groups is 2. The highest BCUT2D eigenvalue weighted by Crippen LogP contribution is 2.36. The highest BCUT2D eigenvalue weighted by molar-refractivity contribution is 5.99. The van der Waals surface area contributed by atoms with Gasteiger partial charge in [0.05, 0.1) is 25.3 Å². The van der Waals surface area contributed by atoms with Gasteiger partial charge < -0.3 is 19.3 Å². The largest absolute Gasteiger partial charge is 0.484 e. The van der Waals surface area contributed by atoms with Crippen molar-refractivity contribution in [1.29, 1.82) is 0 Å². The molecule has 2 saturated heterocycles. The van der Waals surface area contributed by atoms with Gasteiger partial charge in [0.25, 0.3) is 5.91 Å². The number of amides is 2. The summed E-state index contributed by atoms with van der Waals surface area (Å²) in [6.45, 7) is 12.1. The standard InChI is InChI=1S/C25H36N2O4/c1-18-5-6-21-20(15-18)23(29)27(17-25(31-21)9-13-30-14-10-25)16-22(28)26-11-7-19(8-12-26)24(2,3)4/h5-6,15,19H,7-14,16-17H2,1-4H3. The van der Waals surface area contributed by atoms with Gasteiger partial charge in [-0.2, -0.15) is 0 Å². The molecular formula is C25H36N2O4. The minimum Gasteiger partial charge on any atom is -0.484 e. The number of rotatable bonds is 2. The molecule has 170 valence electrons. The van der Waals surface area contributed by atoms with Gasteiger partial charge in [-0.05, 0) is 43.2 Å². The molecule has 0 aromatic heterocycles. The molecule has 0 saturated carbocycles. The first-order valence-electron chi connectivity index (χ1n) is 11.6. The predicted octanol–water partition coefficient (Wildman–Crippen LogP) is 3.66. The summed E-state index contributed by atoms with van der Waals surface area (Å²) in [6.07, 6.45) is 3.48. The van der Waals surface area contributed by atoms with E-state index < -0.39 is 5.60 Å². The Labute approximate surface area is 185 Å². The number of hydrogen-bond acceptors (Lipinski definition) is 4. The van der Waals surface area contributed by atoms with Crippen LogP contribution in [0.25, 0.3) is 0 Å². The Morgan fingerprint density at radius 2 is 1.84 bits per heavy atom. The molecule has 1 spiro atoms. The van der Waals surface area contributed by atoms with Crippen LogP contribution in [0.4, 0.5) is 0 Å². The second-order valence-electron chi connectivity index (χ2n) is 10.6. The van der Waals surface area contributed by atoms with Crippen molar-refractivity contribution in [3.05, 3.63) is 29.3 Å². The van der Waals surface area contributed by atoms with Gasteiger partial charge in [-0.1, -0.05) is 32.4 Å². The number of hydrogen-bond donors (Lipinski definition) is 0. The summed E-state index contributed by atoms with van der Waals surface area (Å²) in [5, 5.41) is 0. The van der Waals surface area contributed by atoms with Gasteiger partial charge in [0.2, 0.25) is 5.91 Å². The predicted molar refractivity (Wildman–Crippen MR) is 119 cm³/mol. The lowest BCUT2D eigenvalue weighted by molar-refractivity contribution is -0.134. The Balaban J connectivity index is 1.52. The lowest BCUT2D eigenvalue weighted by Gasteiger charge is -2.40. The van der Waals surface area contributed by atoms with E-state index in [0.29, 0.717) is 37.0 Å². The first-order chi connectivity index (χ1) is 14.7. The van der Waals surface area contributed by atoms with E-state index in [1.165, 1.54) is 0 Å². The Kier molecular flexibility index (Phi) is 6.03. The van der Waals surface area contributed by atoms with Crippen LogP contribution >= 0.6 is 0 Å². The Bertz CT molecular complexity index is 830. The van der Waals surface area contributed by atoms with Gasteiger partial charge in [-0.15, -0.1) is 0 Å². The second kappa shape index (κ2) is 8.45. The fourth-order valence-electron chi connectivity index (χ4n) is 5.14. The molecule has 0 bridgehead atoms. The average molecular weight is 429 g/mol. The van der Waals surface area contributed by atoms with Crippen LogP contribution in [-0.2, 0) is 9.53 Å². The normalized spacial score (nSPS) is 22.1. The van der Waals surface area contributed by atoms with Crippen molar-refractivity contribution < 1.29 is 19.1 Å². The first-order valence-corrected chi connectivity index (χ1v) is 11.6. The first kappa shape index (κ1) is 22.1. The van der Waals surface area contributed by atoms with Gasteiger partial charge >= 0.3 is 0 Å². The lowest BCUT2D eigenvalue weighted by atomic mass is 9.75. The lowest BCUT2D eigenvalue weighted by Crippen LogP contribution is -2.53. The van der Waals surface area contributed by atoms with E-state index in [1.807, 2.05) is 30.0 Å². The summed E-state index contributed by atoms with van der Waals surface area (Å²) in [5.74, 6) is 1.18. The number of ether oxygens (including phenoxy) is 2. The zero-order valence-corrected chi connectivity index (χ0v) is 19.4. The second-order valence-corrected chi connectivity index (χ2v) is 10.6. The van der Waals surface area contributed by atoms with Gasteiger partial charge in [0.15, 0.2) is 0 Å². The zero-order chi connectivity index (χ0) is 22.2. The summed E-state index contributed by atoms with van der Waals surface area (Å²) < 4.78 is 12.0. The topological polar surface area (TPSA) is 59.1 Å². The van der Waals surface area contributed by atoms with Crippen LogP contribution in [0.2, 0.25) is 0 Å². The SMILES string of the molecule is Cc1ccc2c(c1)C(=O)N(CC(=O)N1CCC(C(C)(C)C)CC1)CC1(CCOCC1)O2. The van der Waals surface area contributed by atoms with Crippen LogP contribution in [0.3, 0.4) is 0 Å².